The minimum atomic E-state index is 0.203. The molecule has 2 heterocycles. The second-order valence-corrected chi connectivity index (χ2v) is 6.33. The van der Waals surface area contributed by atoms with Gasteiger partial charge in [0, 0.05) is 36.1 Å². The van der Waals surface area contributed by atoms with Gasteiger partial charge in [-0.2, -0.15) is 0 Å². The molecule has 1 aliphatic heterocycles. The maximum Gasteiger partial charge on any atom is 0.129 e. The minimum Gasteiger partial charge on any atom is -0.395 e. The molecule has 1 aromatic heterocycles. The molecule has 0 amide bonds. The van der Waals surface area contributed by atoms with Gasteiger partial charge in [-0.1, -0.05) is 11.6 Å². The van der Waals surface area contributed by atoms with Gasteiger partial charge in [0.25, 0.3) is 0 Å². The second-order valence-electron chi connectivity index (χ2n) is 5.90. The predicted octanol–water partition coefficient (Wildman–Crippen LogP) is 2.75. The Hall–Kier alpha value is -1.36. The van der Waals surface area contributed by atoms with E-state index in [0.717, 1.165) is 47.7 Å². The number of pyridine rings is 1. The Morgan fingerprint density at radius 1 is 1.32 bits per heavy atom. The van der Waals surface area contributed by atoms with Crippen LogP contribution in [-0.4, -0.2) is 42.4 Å². The molecule has 0 radical (unpaired) electrons. The molecule has 0 aliphatic carbocycles. The number of hydrogen-bond donors (Lipinski definition) is 2. The molecule has 0 unspecified atom stereocenters. The number of hydrogen-bond acceptors (Lipinski definition) is 4. The van der Waals surface area contributed by atoms with E-state index in [1.807, 2.05) is 18.2 Å². The number of aliphatic hydroxyl groups is 1. The Balaban J connectivity index is 1.76. The van der Waals surface area contributed by atoms with Crippen molar-refractivity contribution in [3.63, 3.8) is 0 Å². The van der Waals surface area contributed by atoms with Crippen LogP contribution in [0.15, 0.2) is 24.3 Å². The zero-order chi connectivity index (χ0) is 15.5. The number of aliphatic hydroxyl groups excluding tert-OH is 1. The Kier molecular flexibility index (Phi) is 4.81. The molecule has 0 bridgehead atoms. The summed E-state index contributed by atoms with van der Waals surface area (Å²) in [5, 5.41) is 14.1. The van der Waals surface area contributed by atoms with Crippen molar-refractivity contribution in [2.24, 2.45) is 0 Å². The molecule has 0 saturated carbocycles. The summed E-state index contributed by atoms with van der Waals surface area (Å²) in [6.45, 7) is 4.98. The Labute approximate surface area is 136 Å². The molecular formula is C17H22ClN3O. The van der Waals surface area contributed by atoms with Crippen LogP contribution in [-0.2, 0) is 0 Å². The summed E-state index contributed by atoms with van der Waals surface area (Å²) in [7, 11) is 0. The SMILES string of the molecule is Cc1cc(N2CCC(NCCO)CC2)nc2ccc(Cl)cc12. The van der Waals surface area contributed by atoms with Crippen molar-refractivity contribution in [3.8, 4) is 0 Å². The monoisotopic (exact) mass is 319 g/mol. The molecule has 0 atom stereocenters. The fourth-order valence-electron chi connectivity index (χ4n) is 3.09. The van der Waals surface area contributed by atoms with Crippen LogP contribution in [0.3, 0.4) is 0 Å². The largest absolute Gasteiger partial charge is 0.395 e. The molecule has 118 valence electrons. The van der Waals surface area contributed by atoms with Gasteiger partial charge in [0.1, 0.15) is 5.82 Å². The summed E-state index contributed by atoms with van der Waals surface area (Å²) < 4.78 is 0. The van der Waals surface area contributed by atoms with Crippen molar-refractivity contribution in [2.45, 2.75) is 25.8 Å². The number of aromatic nitrogens is 1. The minimum absolute atomic E-state index is 0.203. The number of anilines is 1. The van der Waals surface area contributed by atoms with Gasteiger partial charge in [0.2, 0.25) is 0 Å². The van der Waals surface area contributed by atoms with Gasteiger partial charge in [-0.05, 0) is 49.6 Å². The first-order valence-electron chi connectivity index (χ1n) is 7.83. The number of fused-ring (bicyclic) bond motifs is 1. The summed E-state index contributed by atoms with van der Waals surface area (Å²) in [4.78, 5) is 7.14. The van der Waals surface area contributed by atoms with Gasteiger partial charge in [-0.15, -0.1) is 0 Å². The van der Waals surface area contributed by atoms with Gasteiger partial charge in [-0.3, -0.25) is 0 Å². The molecular weight excluding hydrogens is 298 g/mol. The summed E-state index contributed by atoms with van der Waals surface area (Å²) in [5.74, 6) is 1.05. The quantitative estimate of drug-likeness (QED) is 0.910. The van der Waals surface area contributed by atoms with Crippen LogP contribution < -0.4 is 10.2 Å². The van der Waals surface area contributed by atoms with Gasteiger partial charge in [0.15, 0.2) is 0 Å². The lowest BCUT2D eigenvalue weighted by atomic mass is 10.0. The van der Waals surface area contributed by atoms with E-state index < -0.39 is 0 Å². The van der Waals surface area contributed by atoms with Crippen molar-refractivity contribution >= 4 is 28.3 Å². The highest BCUT2D eigenvalue weighted by Gasteiger charge is 2.20. The van der Waals surface area contributed by atoms with Crippen molar-refractivity contribution in [1.82, 2.24) is 10.3 Å². The Morgan fingerprint density at radius 2 is 2.09 bits per heavy atom. The zero-order valence-corrected chi connectivity index (χ0v) is 13.6. The third-order valence-corrected chi connectivity index (χ3v) is 4.56. The first-order valence-corrected chi connectivity index (χ1v) is 8.21. The van der Waals surface area contributed by atoms with Gasteiger partial charge in [-0.25, -0.2) is 4.98 Å². The maximum atomic E-state index is 8.89. The normalized spacial score (nSPS) is 16.4. The highest BCUT2D eigenvalue weighted by molar-refractivity contribution is 6.31. The topological polar surface area (TPSA) is 48.4 Å². The molecule has 1 aromatic carbocycles. The van der Waals surface area contributed by atoms with E-state index in [1.165, 1.54) is 5.56 Å². The summed E-state index contributed by atoms with van der Waals surface area (Å²) in [5.41, 5.74) is 2.21. The number of nitrogens with zero attached hydrogens (tertiary/aromatic N) is 2. The fourth-order valence-corrected chi connectivity index (χ4v) is 3.26. The molecule has 1 fully saturated rings. The van der Waals surface area contributed by atoms with E-state index in [2.05, 4.69) is 23.2 Å². The third kappa shape index (κ3) is 3.35. The number of halogens is 1. The van der Waals surface area contributed by atoms with Crippen molar-refractivity contribution in [3.05, 3.63) is 34.9 Å². The molecule has 0 spiro atoms. The second kappa shape index (κ2) is 6.82. The lowest BCUT2D eigenvalue weighted by molar-refractivity contribution is 0.277. The highest BCUT2D eigenvalue weighted by atomic mass is 35.5. The average molecular weight is 320 g/mol. The first kappa shape index (κ1) is 15.5. The number of nitrogens with one attached hydrogen (secondary N) is 1. The Bertz CT molecular complexity index is 654. The van der Waals surface area contributed by atoms with Crippen LogP contribution >= 0.6 is 11.6 Å². The van der Waals surface area contributed by atoms with E-state index >= 15 is 0 Å². The van der Waals surface area contributed by atoms with E-state index in [-0.39, 0.29) is 6.61 Å². The molecule has 4 nitrogen and oxygen atoms in total. The zero-order valence-electron chi connectivity index (χ0n) is 12.8. The van der Waals surface area contributed by atoms with Crippen molar-refractivity contribution in [2.75, 3.05) is 31.1 Å². The summed E-state index contributed by atoms with van der Waals surface area (Å²) in [6.07, 6.45) is 2.17. The number of benzene rings is 1. The lowest BCUT2D eigenvalue weighted by Gasteiger charge is -2.33. The first-order chi connectivity index (χ1) is 10.7. The van der Waals surface area contributed by atoms with Crippen LogP contribution in [0.5, 0.6) is 0 Å². The lowest BCUT2D eigenvalue weighted by Crippen LogP contribution is -2.43. The molecule has 2 N–H and O–H groups in total. The predicted molar refractivity (Wildman–Crippen MR) is 91.8 cm³/mol. The molecule has 2 aromatic rings. The molecule has 1 saturated heterocycles. The molecule has 3 rings (SSSR count). The standard InChI is InChI=1S/C17H22ClN3O/c1-12-10-17(20-16-3-2-13(18)11-15(12)16)21-7-4-14(5-8-21)19-6-9-22/h2-3,10-11,14,19,22H,4-9H2,1H3. The number of piperidine rings is 1. The fraction of sp³-hybridized carbons (Fsp3) is 0.471. The average Bonchev–Trinajstić information content (AvgIpc) is 2.54. The molecule has 1 aliphatic rings. The smallest absolute Gasteiger partial charge is 0.129 e. The van der Waals surface area contributed by atoms with E-state index in [0.29, 0.717) is 12.6 Å². The van der Waals surface area contributed by atoms with E-state index in [1.54, 1.807) is 0 Å². The maximum absolute atomic E-state index is 8.89. The van der Waals surface area contributed by atoms with Crippen LogP contribution in [0, 0.1) is 6.92 Å². The number of aryl methyl sites for hydroxylation is 1. The van der Waals surface area contributed by atoms with Crippen LogP contribution in [0.2, 0.25) is 5.02 Å². The highest BCUT2D eigenvalue weighted by Crippen LogP contribution is 2.26. The summed E-state index contributed by atoms with van der Waals surface area (Å²) >= 11 is 6.07. The van der Waals surface area contributed by atoms with Gasteiger partial charge >= 0.3 is 0 Å². The van der Waals surface area contributed by atoms with Crippen LogP contribution in [0.1, 0.15) is 18.4 Å². The Morgan fingerprint density at radius 3 is 2.82 bits per heavy atom. The van der Waals surface area contributed by atoms with Gasteiger partial charge < -0.3 is 15.3 Å². The molecule has 22 heavy (non-hydrogen) atoms. The third-order valence-electron chi connectivity index (χ3n) is 4.33. The number of rotatable bonds is 4. The van der Waals surface area contributed by atoms with E-state index in [9.17, 15) is 0 Å². The van der Waals surface area contributed by atoms with Crippen molar-refractivity contribution < 1.29 is 5.11 Å². The van der Waals surface area contributed by atoms with E-state index in [4.69, 9.17) is 21.7 Å². The van der Waals surface area contributed by atoms with Gasteiger partial charge in [0.05, 0.1) is 12.1 Å². The summed E-state index contributed by atoms with van der Waals surface area (Å²) in [6, 6.07) is 8.52. The van der Waals surface area contributed by atoms with Crippen molar-refractivity contribution in [1.29, 1.82) is 0 Å². The molecule has 5 heteroatoms. The van der Waals surface area contributed by atoms with Crippen LogP contribution in [0.4, 0.5) is 5.82 Å². The van der Waals surface area contributed by atoms with Crippen LogP contribution in [0.25, 0.3) is 10.9 Å².